The van der Waals surface area contributed by atoms with E-state index in [1.165, 1.54) is 0 Å². The van der Waals surface area contributed by atoms with E-state index in [2.05, 4.69) is 20.9 Å². The zero-order valence-corrected chi connectivity index (χ0v) is 15.6. The fourth-order valence-corrected chi connectivity index (χ4v) is 3.43. The van der Waals surface area contributed by atoms with Crippen molar-refractivity contribution >= 4 is 17.6 Å². The summed E-state index contributed by atoms with van der Waals surface area (Å²) in [6.45, 7) is 2.42. The molecule has 142 valence electrons. The summed E-state index contributed by atoms with van der Waals surface area (Å²) in [6, 6.07) is 11.0. The maximum Gasteiger partial charge on any atom is 0.320 e. The van der Waals surface area contributed by atoms with Crippen LogP contribution in [-0.2, 0) is 11.3 Å². The summed E-state index contributed by atoms with van der Waals surface area (Å²) in [4.78, 5) is 29.5. The number of carbonyl (C=O) groups excluding carboxylic acids is 2. The molecule has 1 heterocycles. The minimum absolute atomic E-state index is 0.127. The van der Waals surface area contributed by atoms with Gasteiger partial charge in [0.15, 0.2) is 0 Å². The van der Waals surface area contributed by atoms with Crippen LogP contribution in [0, 0.1) is 6.92 Å². The summed E-state index contributed by atoms with van der Waals surface area (Å²) in [7, 11) is 0. The predicted octanol–water partition coefficient (Wildman–Crippen LogP) is 3.53. The molecule has 0 spiro atoms. The smallest absolute Gasteiger partial charge is 0.320 e. The molecule has 1 fully saturated rings. The molecule has 0 aliphatic heterocycles. The molecule has 27 heavy (non-hydrogen) atoms. The van der Waals surface area contributed by atoms with Crippen molar-refractivity contribution in [2.24, 2.45) is 0 Å². The third-order valence-electron chi connectivity index (χ3n) is 5.01. The molecule has 0 radical (unpaired) electrons. The quantitative estimate of drug-likeness (QED) is 0.757. The normalized spacial score (nSPS) is 15.6. The molecule has 6 heteroatoms. The van der Waals surface area contributed by atoms with E-state index < -0.39 is 5.54 Å². The van der Waals surface area contributed by atoms with Gasteiger partial charge in [-0.2, -0.15) is 0 Å². The molecule has 3 amide bonds. The van der Waals surface area contributed by atoms with Gasteiger partial charge in [-0.15, -0.1) is 0 Å². The summed E-state index contributed by atoms with van der Waals surface area (Å²) < 4.78 is 0. The van der Waals surface area contributed by atoms with Gasteiger partial charge in [-0.1, -0.05) is 37.0 Å². The monoisotopic (exact) mass is 366 g/mol. The average molecular weight is 366 g/mol. The van der Waals surface area contributed by atoms with E-state index in [-0.39, 0.29) is 11.9 Å². The average Bonchev–Trinajstić information content (AvgIpc) is 2.69. The van der Waals surface area contributed by atoms with Gasteiger partial charge >= 0.3 is 6.03 Å². The van der Waals surface area contributed by atoms with Crippen molar-refractivity contribution in [1.82, 2.24) is 15.6 Å². The van der Waals surface area contributed by atoms with Crippen LogP contribution in [0.5, 0.6) is 0 Å². The van der Waals surface area contributed by atoms with Crippen molar-refractivity contribution in [2.45, 2.75) is 51.1 Å². The van der Waals surface area contributed by atoms with Gasteiger partial charge in [-0.25, -0.2) is 4.79 Å². The van der Waals surface area contributed by atoms with Crippen LogP contribution in [-0.4, -0.2) is 22.5 Å². The Morgan fingerprint density at radius 1 is 1.00 bits per heavy atom. The Balaban J connectivity index is 1.65. The largest absolute Gasteiger partial charge is 0.350 e. The van der Waals surface area contributed by atoms with Gasteiger partial charge in [0.05, 0.1) is 0 Å². The van der Waals surface area contributed by atoms with E-state index in [0.29, 0.717) is 25.1 Å². The van der Waals surface area contributed by atoms with Gasteiger partial charge in [0.1, 0.15) is 5.54 Å². The molecule has 0 unspecified atom stereocenters. The number of aryl methyl sites for hydroxylation is 1. The van der Waals surface area contributed by atoms with Crippen molar-refractivity contribution in [3.8, 4) is 0 Å². The molecule has 0 saturated heterocycles. The topological polar surface area (TPSA) is 83.1 Å². The van der Waals surface area contributed by atoms with E-state index in [1.54, 1.807) is 12.4 Å². The van der Waals surface area contributed by atoms with Gasteiger partial charge in [0.2, 0.25) is 5.91 Å². The number of nitrogens with one attached hydrogen (secondary N) is 3. The van der Waals surface area contributed by atoms with Crippen molar-refractivity contribution in [2.75, 3.05) is 5.32 Å². The predicted molar refractivity (Wildman–Crippen MR) is 105 cm³/mol. The lowest BCUT2D eigenvalue weighted by Crippen LogP contribution is -2.60. The number of amides is 3. The zero-order chi connectivity index (χ0) is 19.1. The molecule has 1 saturated carbocycles. The molecular formula is C21H26N4O2. The third-order valence-corrected chi connectivity index (χ3v) is 5.01. The molecule has 2 aromatic rings. The first-order valence-electron chi connectivity index (χ1n) is 9.40. The van der Waals surface area contributed by atoms with Crippen molar-refractivity contribution in [3.05, 3.63) is 59.9 Å². The van der Waals surface area contributed by atoms with Crippen LogP contribution in [0.15, 0.2) is 48.8 Å². The molecular weight excluding hydrogens is 340 g/mol. The van der Waals surface area contributed by atoms with Crippen LogP contribution >= 0.6 is 0 Å². The Kier molecular flexibility index (Phi) is 6.06. The SMILES string of the molecule is Cc1ccc(NC(=O)NC2(C(=O)NCc3ccncc3)CCCCC2)cc1. The summed E-state index contributed by atoms with van der Waals surface area (Å²) in [5, 5.41) is 8.77. The molecule has 1 aliphatic carbocycles. The molecule has 3 rings (SSSR count). The molecule has 6 nitrogen and oxygen atoms in total. The van der Waals surface area contributed by atoms with Crippen molar-refractivity contribution in [3.63, 3.8) is 0 Å². The number of pyridine rings is 1. The van der Waals surface area contributed by atoms with Crippen molar-refractivity contribution in [1.29, 1.82) is 0 Å². The van der Waals surface area contributed by atoms with Crippen LogP contribution < -0.4 is 16.0 Å². The highest BCUT2D eigenvalue weighted by Crippen LogP contribution is 2.29. The van der Waals surface area contributed by atoms with Gasteiger partial charge < -0.3 is 16.0 Å². The van der Waals surface area contributed by atoms with Crippen molar-refractivity contribution < 1.29 is 9.59 Å². The van der Waals surface area contributed by atoms with E-state index in [4.69, 9.17) is 0 Å². The minimum Gasteiger partial charge on any atom is -0.350 e. The number of hydrogen-bond donors (Lipinski definition) is 3. The zero-order valence-electron chi connectivity index (χ0n) is 15.6. The maximum absolute atomic E-state index is 13.0. The summed E-state index contributed by atoms with van der Waals surface area (Å²) in [6.07, 6.45) is 7.63. The maximum atomic E-state index is 13.0. The van der Waals surface area contributed by atoms with Crippen LogP contribution in [0.4, 0.5) is 10.5 Å². The molecule has 1 aromatic carbocycles. The first-order chi connectivity index (χ1) is 13.1. The van der Waals surface area contributed by atoms with Crippen LogP contribution in [0.2, 0.25) is 0 Å². The van der Waals surface area contributed by atoms with Gasteiger partial charge in [0.25, 0.3) is 0 Å². The Hall–Kier alpha value is -2.89. The molecule has 1 aliphatic rings. The second kappa shape index (κ2) is 8.66. The first kappa shape index (κ1) is 18.9. The summed E-state index contributed by atoms with van der Waals surface area (Å²) in [5.74, 6) is -0.127. The Bertz CT molecular complexity index is 769. The second-order valence-corrected chi connectivity index (χ2v) is 7.13. The number of nitrogens with zero attached hydrogens (tertiary/aromatic N) is 1. The lowest BCUT2D eigenvalue weighted by atomic mass is 9.81. The van der Waals surface area contributed by atoms with E-state index in [1.807, 2.05) is 43.3 Å². The fourth-order valence-electron chi connectivity index (χ4n) is 3.43. The highest BCUT2D eigenvalue weighted by molar-refractivity contribution is 5.96. The van der Waals surface area contributed by atoms with E-state index >= 15 is 0 Å². The third kappa shape index (κ3) is 5.06. The molecule has 0 atom stereocenters. The highest BCUT2D eigenvalue weighted by Gasteiger charge is 2.40. The standard InChI is InChI=1S/C21H26N4O2/c1-16-5-7-18(8-6-16)24-20(27)25-21(11-3-2-4-12-21)19(26)23-15-17-9-13-22-14-10-17/h5-10,13-14H,2-4,11-12,15H2,1H3,(H,23,26)(H2,24,25,27). The van der Waals surface area contributed by atoms with Crippen LogP contribution in [0.3, 0.4) is 0 Å². The highest BCUT2D eigenvalue weighted by atomic mass is 16.2. The Morgan fingerprint density at radius 2 is 1.67 bits per heavy atom. The number of benzene rings is 1. The number of rotatable bonds is 5. The number of carbonyl (C=O) groups is 2. The number of aromatic nitrogens is 1. The van der Waals surface area contributed by atoms with Gasteiger partial charge in [0, 0.05) is 24.6 Å². The number of anilines is 1. The number of hydrogen-bond acceptors (Lipinski definition) is 3. The molecule has 3 N–H and O–H groups in total. The fraction of sp³-hybridized carbons (Fsp3) is 0.381. The first-order valence-corrected chi connectivity index (χ1v) is 9.40. The lowest BCUT2D eigenvalue weighted by molar-refractivity contribution is -0.128. The Labute approximate surface area is 159 Å². The summed E-state index contributed by atoms with van der Waals surface area (Å²) >= 11 is 0. The van der Waals surface area contributed by atoms with Crippen LogP contribution in [0.1, 0.15) is 43.2 Å². The lowest BCUT2D eigenvalue weighted by Gasteiger charge is -2.36. The Morgan fingerprint density at radius 3 is 2.33 bits per heavy atom. The minimum atomic E-state index is -0.861. The second-order valence-electron chi connectivity index (χ2n) is 7.13. The van der Waals surface area contributed by atoms with Gasteiger partial charge in [-0.3, -0.25) is 9.78 Å². The van der Waals surface area contributed by atoms with Crippen LogP contribution in [0.25, 0.3) is 0 Å². The molecule has 1 aromatic heterocycles. The number of urea groups is 1. The van der Waals surface area contributed by atoms with E-state index in [0.717, 1.165) is 30.4 Å². The summed E-state index contributed by atoms with van der Waals surface area (Å²) in [5.41, 5.74) is 1.95. The van der Waals surface area contributed by atoms with E-state index in [9.17, 15) is 9.59 Å². The molecule has 0 bridgehead atoms. The van der Waals surface area contributed by atoms with Gasteiger partial charge in [-0.05, 0) is 49.6 Å².